The van der Waals surface area contributed by atoms with Crippen LogP contribution in [0.15, 0.2) is 29.8 Å². The van der Waals surface area contributed by atoms with Crippen molar-refractivity contribution in [2.45, 2.75) is 65.3 Å². The van der Waals surface area contributed by atoms with Crippen LogP contribution in [-0.2, 0) is 12.3 Å². The van der Waals surface area contributed by atoms with Crippen LogP contribution in [0.4, 0.5) is 0 Å². The van der Waals surface area contributed by atoms with Gasteiger partial charge in [0.15, 0.2) is 0 Å². The van der Waals surface area contributed by atoms with Gasteiger partial charge in [-0.2, -0.15) is 0 Å². The number of benzene rings is 1. The number of nitrogens with one attached hydrogen (secondary N) is 1. The quantitative estimate of drug-likeness (QED) is 0.731. The first kappa shape index (κ1) is 18.2. The molecule has 1 atom stereocenters. The Kier molecular flexibility index (Phi) is 3.10. The molecule has 125 valence electrons. The van der Waals surface area contributed by atoms with Crippen LogP contribution in [0, 0.1) is 0 Å². The molecule has 0 aromatic heterocycles. The molecule has 1 nitrogen and oxygen atoms in total. The van der Waals surface area contributed by atoms with Crippen molar-refractivity contribution in [2.24, 2.45) is 0 Å². The molecule has 2 rings (SSSR count). The van der Waals surface area contributed by atoms with Gasteiger partial charge in [-0.15, -0.1) is 0 Å². The number of hydrogen-bond acceptors (Lipinski definition) is 1. The number of allylic oxidation sites excluding steroid dienone is 2. The third kappa shape index (κ3) is 3.08. The summed E-state index contributed by atoms with van der Waals surface area (Å²) in [7, 11) is 1.18. The van der Waals surface area contributed by atoms with Gasteiger partial charge < -0.3 is 0 Å². The van der Waals surface area contributed by atoms with Crippen LogP contribution in [-0.4, -0.2) is 13.6 Å². The van der Waals surface area contributed by atoms with E-state index in [0.717, 1.165) is 0 Å². The molecule has 1 aromatic carbocycles. The summed E-state index contributed by atoms with van der Waals surface area (Å²) >= 11 is -3.91. The molecule has 0 saturated carbocycles. The van der Waals surface area contributed by atoms with Gasteiger partial charge in [0.05, 0.1) is 0 Å². The van der Waals surface area contributed by atoms with E-state index in [9.17, 15) is 0 Å². The van der Waals surface area contributed by atoms with E-state index in [1.54, 1.807) is 11.1 Å². The van der Waals surface area contributed by atoms with Crippen molar-refractivity contribution in [3.05, 3.63) is 41.0 Å². The molecule has 0 aliphatic heterocycles. The Bertz CT molecular complexity index is 692. The van der Waals surface area contributed by atoms with Gasteiger partial charge in [0, 0.05) is 0 Å². The minimum atomic E-state index is -3.91. The summed E-state index contributed by atoms with van der Waals surface area (Å²) in [6.07, 6.45) is 0. The van der Waals surface area contributed by atoms with E-state index in [4.69, 9.17) is 0 Å². The van der Waals surface area contributed by atoms with Gasteiger partial charge in [-0.1, -0.05) is 0 Å². The Morgan fingerprint density at radius 3 is 2.00 bits per heavy atom. The molecule has 0 spiro atoms. The van der Waals surface area contributed by atoms with Crippen LogP contribution in [0.3, 0.4) is 0 Å². The Morgan fingerprint density at radius 2 is 1.50 bits per heavy atom. The summed E-state index contributed by atoms with van der Waals surface area (Å²) in [6, 6.07) is 9.06. The summed E-state index contributed by atoms with van der Waals surface area (Å²) in [5.74, 6) is 0. The normalized spacial score (nSPS) is 24.4. The van der Waals surface area contributed by atoms with Crippen LogP contribution in [0.1, 0.15) is 50.0 Å². The molecule has 1 N–H and O–H groups in total. The Labute approximate surface area is 135 Å². The van der Waals surface area contributed by atoms with Crippen molar-refractivity contribution in [3.63, 3.8) is 0 Å². The second-order valence-electron chi connectivity index (χ2n) is 13.5. The first-order valence-electron chi connectivity index (χ1n) is 8.69. The van der Waals surface area contributed by atoms with Crippen molar-refractivity contribution < 1.29 is 12.3 Å². The van der Waals surface area contributed by atoms with Crippen molar-refractivity contribution in [1.82, 2.24) is 3.80 Å². The summed E-state index contributed by atoms with van der Waals surface area (Å²) in [5.41, 5.74) is 6.21. The number of fused-ring (bicyclic) bond motifs is 1. The fraction of sp³-hybridized carbons (Fsp3) is 0.579. The molecule has 1 aromatic rings. The average molecular weight is 354 g/mol. The molecule has 0 radical (unpaired) electrons. The molecule has 1 aliphatic rings. The molecule has 1 unspecified atom stereocenters. The van der Waals surface area contributed by atoms with E-state index in [1.165, 1.54) is 19.2 Å². The second-order valence-corrected chi connectivity index (χ2v) is 60.2. The maximum absolute atomic E-state index is 4.26. The van der Waals surface area contributed by atoms with E-state index in [2.05, 4.69) is 83.6 Å². The minimum absolute atomic E-state index is 0.121. The third-order valence-electron chi connectivity index (χ3n) is 5.36. The summed E-state index contributed by atoms with van der Waals surface area (Å²) in [4.78, 5) is 0. The summed E-state index contributed by atoms with van der Waals surface area (Å²) in [5, 5.41) is 10.5. The Morgan fingerprint density at radius 1 is 1.00 bits per heavy atom. The van der Waals surface area contributed by atoms with Crippen LogP contribution < -0.4 is 3.80 Å². The predicted molar refractivity (Wildman–Crippen MR) is 104 cm³/mol. The van der Waals surface area contributed by atoms with Crippen molar-refractivity contribution in [1.29, 1.82) is 0 Å². The average Bonchev–Trinajstić information content (AvgIpc) is 2.47. The fourth-order valence-electron chi connectivity index (χ4n) is 5.96. The van der Waals surface area contributed by atoms with Gasteiger partial charge in [0.1, 0.15) is 0 Å². The molecular formula is C19H36NSiTi. The van der Waals surface area contributed by atoms with Crippen LogP contribution in [0.25, 0.3) is 5.57 Å². The fourth-order valence-corrected chi connectivity index (χ4v) is 26.0. The maximum atomic E-state index is 4.26. The molecule has 0 amide bonds. The van der Waals surface area contributed by atoms with Gasteiger partial charge in [-0.25, -0.2) is 0 Å². The van der Waals surface area contributed by atoms with Gasteiger partial charge in [-0.05, 0) is 0 Å². The van der Waals surface area contributed by atoms with Crippen LogP contribution in [0.2, 0.25) is 20.9 Å². The van der Waals surface area contributed by atoms with E-state index < -0.39 is 12.3 Å². The van der Waals surface area contributed by atoms with E-state index in [1.807, 2.05) is 0 Å². The van der Waals surface area contributed by atoms with E-state index >= 15 is 0 Å². The van der Waals surface area contributed by atoms with Crippen molar-refractivity contribution in [2.75, 3.05) is 0 Å². The topological polar surface area (TPSA) is 12.0 Å². The Hall–Kier alpha value is -0.149. The van der Waals surface area contributed by atoms with E-state index in [-0.39, 0.29) is 5.54 Å². The first-order chi connectivity index (χ1) is 9.37. The SMILES string of the molecule is CC1=C(C)[CH]([Ti]([CH3])([CH3])([CH3])([CH3])([SiH3])[NH]C(C)(C)C)c2ccccc21. The number of hydrogen-bond donors (Lipinski definition) is 1. The standard InChI is InChI=1S/C11H11.C4H10N.4CH3.H3Si.Ti/c1-8-7-10-5-3-4-6-11(10)9(8)2;1-4(2,3)5;;;;;;/h3-7H,1-2H3;5H,1-3H3;5*1H3;/q;-1;;;;;;+1. The van der Waals surface area contributed by atoms with Gasteiger partial charge >= 0.3 is 136 Å². The van der Waals surface area contributed by atoms with Crippen LogP contribution in [0.5, 0.6) is 0 Å². The number of rotatable bonds is 2. The van der Waals surface area contributed by atoms with Crippen LogP contribution >= 0.6 is 0 Å². The van der Waals surface area contributed by atoms with Gasteiger partial charge in [-0.3, -0.25) is 0 Å². The van der Waals surface area contributed by atoms with Gasteiger partial charge in [0.25, 0.3) is 0 Å². The van der Waals surface area contributed by atoms with E-state index in [0.29, 0.717) is 4.22 Å². The second kappa shape index (κ2) is 3.74. The van der Waals surface area contributed by atoms with Crippen molar-refractivity contribution >= 4 is 13.7 Å². The molecule has 0 fully saturated rings. The first-order valence-corrected chi connectivity index (χ1v) is 22.3. The molecule has 22 heavy (non-hydrogen) atoms. The molecule has 0 heterocycles. The zero-order valence-corrected chi connectivity index (χ0v) is 19.9. The molecule has 0 saturated heterocycles. The molecular weight excluding hydrogens is 318 g/mol. The molecule has 3 heteroatoms. The zero-order chi connectivity index (χ0) is 17.3. The predicted octanol–water partition coefficient (Wildman–Crippen LogP) is 5.07. The summed E-state index contributed by atoms with van der Waals surface area (Å²) < 4.78 is 4.81. The summed E-state index contributed by atoms with van der Waals surface area (Å²) in [6.45, 7) is 11.6. The van der Waals surface area contributed by atoms with Crippen molar-refractivity contribution in [3.8, 4) is 0 Å². The molecule has 1 aliphatic carbocycles. The third-order valence-corrected chi connectivity index (χ3v) is 18.2. The zero-order valence-electron chi connectivity index (χ0n) is 16.4. The Balaban J connectivity index is 2.84. The monoisotopic (exact) mass is 354 g/mol. The van der Waals surface area contributed by atoms with Gasteiger partial charge in [0.2, 0.25) is 0 Å². The molecule has 0 bridgehead atoms.